The zero-order chi connectivity index (χ0) is 14.4. The first-order chi connectivity index (χ1) is 8.95. The third-order valence-corrected chi connectivity index (χ3v) is 3.36. The molecule has 1 rings (SSSR count). The maximum atomic E-state index is 12.3. The third kappa shape index (κ3) is 4.67. The van der Waals surface area contributed by atoms with Crippen molar-refractivity contribution in [2.45, 2.75) is 46.7 Å². The van der Waals surface area contributed by atoms with E-state index < -0.39 is 0 Å². The van der Waals surface area contributed by atoms with Crippen LogP contribution in [-0.2, 0) is 11.3 Å². The lowest BCUT2D eigenvalue weighted by Crippen LogP contribution is -2.44. The molecular weight excluding hydrogens is 236 g/mol. The monoisotopic (exact) mass is 262 g/mol. The molecule has 106 valence electrons. The number of hydrogen-bond donors (Lipinski definition) is 1. The fourth-order valence-corrected chi connectivity index (χ4v) is 2.18. The molecule has 0 aliphatic carbocycles. The first kappa shape index (κ1) is 15.7. The highest BCUT2D eigenvalue weighted by Gasteiger charge is 2.21. The maximum Gasteiger partial charge on any atom is 0.239 e. The van der Waals surface area contributed by atoms with Crippen LogP contribution in [0.1, 0.15) is 38.3 Å². The predicted octanol–water partition coefficient (Wildman–Crippen LogP) is 2.72. The van der Waals surface area contributed by atoms with Gasteiger partial charge in [0, 0.05) is 13.1 Å². The Bertz CT molecular complexity index is 415. The fraction of sp³-hybridized carbons (Fsp3) is 0.562. The number of rotatable bonds is 6. The van der Waals surface area contributed by atoms with Crippen molar-refractivity contribution in [3.63, 3.8) is 0 Å². The molecule has 1 aromatic rings. The minimum atomic E-state index is -0.385. The molecular formula is C16H26N2O. The first-order valence-electron chi connectivity index (χ1n) is 7.04. The maximum absolute atomic E-state index is 12.3. The summed E-state index contributed by atoms with van der Waals surface area (Å²) in [7, 11) is 0. The average molecular weight is 262 g/mol. The molecule has 0 saturated heterocycles. The van der Waals surface area contributed by atoms with Crippen molar-refractivity contribution in [2.24, 2.45) is 11.7 Å². The van der Waals surface area contributed by atoms with Gasteiger partial charge in [0.1, 0.15) is 0 Å². The van der Waals surface area contributed by atoms with Gasteiger partial charge in [-0.1, -0.05) is 38.1 Å². The molecule has 0 heterocycles. The van der Waals surface area contributed by atoms with Crippen molar-refractivity contribution in [3.8, 4) is 0 Å². The van der Waals surface area contributed by atoms with E-state index in [2.05, 4.69) is 32.9 Å². The van der Waals surface area contributed by atoms with E-state index in [4.69, 9.17) is 5.73 Å². The number of aryl methyl sites for hydroxylation is 1. The van der Waals surface area contributed by atoms with Crippen LogP contribution in [0.15, 0.2) is 24.3 Å². The molecule has 0 aliphatic rings. The summed E-state index contributed by atoms with van der Waals surface area (Å²) in [5, 5.41) is 0. The Labute approximate surface area is 116 Å². The normalized spacial score (nSPS) is 12.5. The molecule has 0 aromatic heterocycles. The van der Waals surface area contributed by atoms with Crippen molar-refractivity contribution >= 4 is 5.91 Å². The van der Waals surface area contributed by atoms with Crippen LogP contribution in [0.4, 0.5) is 0 Å². The minimum absolute atomic E-state index is 0.0550. The number of benzene rings is 1. The van der Waals surface area contributed by atoms with E-state index in [1.165, 1.54) is 11.1 Å². The second kappa shape index (κ2) is 7.29. The number of nitrogens with two attached hydrogens (primary N) is 1. The SMILES string of the molecule is CCN(Cc1ccccc1C)C(=O)C(N)CC(C)C. The van der Waals surface area contributed by atoms with E-state index in [-0.39, 0.29) is 11.9 Å². The third-order valence-electron chi connectivity index (χ3n) is 3.36. The van der Waals surface area contributed by atoms with Gasteiger partial charge in [-0.15, -0.1) is 0 Å². The molecule has 0 fully saturated rings. The van der Waals surface area contributed by atoms with E-state index in [0.29, 0.717) is 19.0 Å². The van der Waals surface area contributed by atoms with Crippen LogP contribution in [0.25, 0.3) is 0 Å². The van der Waals surface area contributed by atoms with Gasteiger partial charge in [0.05, 0.1) is 6.04 Å². The van der Waals surface area contributed by atoms with Crippen molar-refractivity contribution in [1.82, 2.24) is 4.90 Å². The average Bonchev–Trinajstić information content (AvgIpc) is 2.36. The second-order valence-electron chi connectivity index (χ2n) is 5.51. The molecule has 0 radical (unpaired) electrons. The van der Waals surface area contributed by atoms with E-state index in [1.807, 2.05) is 24.0 Å². The largest absolute Gasteiger partial charge is 0.337 e. The van der Waals surface area contributed by atoms with Gasteiger partial charge in [-0.3, -0.25) is 4.79 Å². The Hall–Kier alpha value is -1.35. The smallest absolute Gasteiger partial charge is 0.239 e. The van der Waals surface area contributed by atoms with E-state index in [9.17, 15) is 4.79 Å². The molecule has 0 bridgehead atoms. The molecule has 1 aromatic carbocycles. The number of carbonyl (C=O) groups excluding carboxylic acids is 1. The Kier molecular flexibility index (Phi) is 6.03. The van der Waals surface area contributed by atoms with E-state index in [1.54, 1.807) is 0 Å². The lowest BCUT2D eigenvalue weighted by Gasteiger charge is -2.26. The minimum Gasteiger partial charge on any atom is -0.337 e. The van der Waals surface area contributed by atoms with Gasteiger partial charge < -0.3 is 10.6 Å². The highest BCUT2D eigenvalue weighted by atomic mass is 16.2. The molecule has 0 spiro atoms. The Morgan fingerprint density at radius 3 is 2.47 bits per heavy atom. The molecule has 19 heavy (non-hydrogen) atoms. The summed E-state index contributed by atoms with van der Waals surface area (Å²) in [4.78, 5) is 14.2. The lowest BCUT2D eigenvalue weighted by atomic mass is 10.0. The number of hydrogen-bond acceptors (Lipinski definition) is 2. The topological polar surface area (TPSA) is 46.3 Å². The van der Waals surface area contributed by atoms with Gasteiger partial charge in [-0.2, -0.15) is 0 Å². The van der Waals surface area contributed by atoms with Crippen molar-refractivity contribution in [1.29, 1.82) is 0 Å². The summed E-state index contributed by atoms with van der Waals surface area (Å²) in [6.45, 7) is 9.59. The first-order valence-corrected chi connectivity index (χ1v) is 7.04. The zero-order valence-corrected chi connectivity index (χ0v) is 12.5. The van der Waals surface area contributed by atoms with Crippen LogP contribution in [0.5, 0.6) is 0 Å². The van der Waals surface area contributed by atoms with Crippen molar-refractivity contribution in [2.75, 3.05) is 6.54 Å². The second-order valence-corrected chi connectivity index (χ2v) is 5.51. The molecule has 3 heteroatoms. The summed E-state index contributed by atoms with van der Waals surface area (Å²) in [6.07, 6.45) is 0.739. The Balaban J connectivity index is 2.73. The summed E-state index contributed by atoms with van der Waals surface area (Å²) >= 11 is 0. The molecule has 1 atom stereocenters. The van der Waals surface area contributed by atoms with Crippen LogP contribution in [0.3, 0.4) is 0 Å². The highest BCUT2D eigenvalue weighted by molar-refractivity contribution is 5.81. The lowest BCUT2D eigenvalue weighted by molar-refractivity contribution is -0.133. The molecule has 0 saturated carbocycles. The molecule has 1 amide bonds. The standard InChI is InChI=1S/C16H26N2O/c1-5-18(16(19)15(17)10-12(2)3)11-14-9-7-6-8-13(14)4/h6-9,12,15H,5,10-11,17H2,1-4H3. The summed E-state index contributed by atoms with van der Waals surface area (Å²) < 4.78 is 0. The highest BCUT2D eigenvalue weighted by Crippen LogP contribution is 2.12. The number of likely N-dealkylation sites (N-methyl/N-ethyl adjacent to an activating group) is 1. The van der Waals surface area contributed by atoms with E-state index in [0.717, 1.165) is 6.42 Å². The van der Waals surface area contributed by atoms with Gasteiger partial charge in [0.25, 0.3) is 0 Å². The van der Waals surface area contributed by atoms with Gasteiger partial charge in [0.15, 0.2) is 0 Å². The van der Waals surface area contributed by atoms with E-state index >= 15 is 0 Å². The zero-order valence-electron chi connectivity index (χ0n) is 12.5. The summed E-state index contributed by atoms with van der Waals surface area (Å²) in [5.74, 6) is 0.496. The molecule has 3 nitrogen and oxygen atoms in total. The Morgan fingerprint density at radius 2 is 1.95 bits per heavy atom. The van der Waals surface area contributed by atoms with Crippen LogP contribution in [0.2, 0.25) is 0 Å². The van der Waals surface area contributed by atoms with Crippen LogP contribution in [-0.4, -0.2) is 23.4 Å². The van der Waals surface area contributed by atoms with Crippen LogP contribution in [0, 0.1) is 12.8 Å². The van der Waals surface area contributed by atoms with Crippen molar-refractivity contribution < 1.29 is 4.79 Å². The van der Waals surface area contributed by atoms with Crippen molar-refractivity contribution in [3.05, 3.63) is 35.4 Å². The summed E-state index contributed by atoms with van der Waals surface area (Å²) in [6, 6.07) is 7.78. The number of amides is 1. The predicted molar refractivity (Wildman–Crippen MR) is 79.7 cm³/mol. The number of carbonyl (C=O) groups is 1. The Morgan fingerprint density at radius 1 is 1.32 bits per heavy atom. The number of nitrogens with zero attached hydrogens (tertiary/aromatic N) is 1. The van der Waals surface area contributed by atoms with Gasteiger partial charge in [-0.25, -0.2) is 0 Å². The summed E-state index contributed by atoms with van der Waals surface area (Å²) in [5.41, 5.74) is 8.40. The molecule has 0 aliphatic heterocycles. The van der Waals surface area contributed by atoms with Crippen LogP contribution >= 0.6 is 0 Å². The van der Waals surface area contributed by atoms with Gasteiger partial charge >= 0.3 is 0 Å². The quantitative estimate of drug-likeness (QED) is 0.857. The van der Waals surface area contributed by atoms with Gasteiger partial charge in [-0.05, 0) is 37.3 Å². The van der Waals surface area contributed by atoms with Gasteiger partial charge in [0.2, 0.25) is 5.91 Å². The molecule has 1 unspecified atom stereocenters. The molecule has 2 N–H and O–H groups in total. The fourth-order valence-electron chi connectivity index (χ4n) is 2.18. The van der Waals surface area contributed by atoms with Crippen LogP contribution < -0.4 is 5.73 Å².